The number of carbonyl (C=O) groups excluding carboxylic acids is 1. The van der Waals surface area contributed by atoms with E-state index < -0.39 is 21.4 Å². The Labute approximate surface area is 282 Å². The van der Waals surface area contributed by atoms with Crippen LogP contribution in [0.2, 0.25) is 5.02 Å². The summed E-state index contributed by atoms with van der Waals surface area (Å²) < 4.78 is 29.3. The molecule has 12 heteroatoms. The zero-order valence-corrected chi connectivity index (χ0v) is 29.2. The van der Waals surface area contributed by atoms with Gasteiger partial charge >= 0.3 is 248 Å². The molecule has 4 heterocycles. The molecule has 1 aliphatic carbocycles. The molecule has 5 aromatic rings. The van der Waals surface area contributed by atoms with E-state index in [-0.39, 0.29) is 24.6 Å². The Balaban J connectivity index is 1.08. The van der Waals surface area contributed by atoms with Gasteiger partial charge in [0.15, 0.2) is 0 Å². The van der Waals surface area contributed by atoms with Crippen LogP contribution < -0.4 is 13.6 Å². The van der Waals surface area contributed by atoms with Gasteiger partial charge < -0.3 is 4.74 Å². The monoisotopic (exact) mass is 720 g/mol. The second-order valence-corrected chi connectivity index (χ2v) is 16.4. The first-order valence-electron chi connectivity index (χ1n) is 15.3. The van der Waals surface area contributed by atoms with Crippen LogP contribution in [0, 0.1) is 5.82 Å². The molecule has 1 fully saturated rings. The molecule has 0 atom stereocenters. The van der Waals surface area contributed by atoms with Gasteiger partial charge in [0.1, 0.15) is 5.60 Å². The number of rotatable bonds is 6. The molecule has 2 aliphatic rings. The molecule has 237 valence electrons. The number of fused-ring (bicyclic) bond motifs is 5. The second-order valence-electron chi connectivity index (χ2n) is 12.6. The normalized spacial score (nSPS) is 15.4. The van der Waals surface area contributed by atoms with Crippen LogP contribution in [0.4, 0.5) is 9.18 Å². The average Bonchev–Trinajstić information content (AvgIpc) is 3.62. The molecule has 1 amide bonds. The van der Waals surface area contributed by atoms with Crippen molar-refractivity contribution in [1.29, 1.82) is 0 Å². The van der Waals surface area contributed by atoms with E-state index in [1.54, 1.807) is 28.6 Å². The van der Waals surface area contributed by atoms with Gasteiger partial charge in [-0.2, -0.15) is 0 Å². The quantitative estimate of drug-likeness (QED) is 0.193. The summed E-state index contributed by atoms with van der Waals surface area (Å²) in [5, 5.41) is 6.72. The molecule has 1 saturated heterocycles. The molecule has 8 nitrogen and oxygen atoms in total. The van der Waals surface area contributed by atoms with Crippen LogP contribution in [0.5, 0.6) is 5.75 Å². The molecule has 3 aromatic heterocycles. The topological polar surface area (TPSA) is 82.4 Å². The van der Waals surface area contributed by atoms with Gasteiger partial charge in [-0.05, 0) is 20.8 Å². The van der Waals surface area contributed by atoms with Crippen LogP contribution in [0.15, 0.2) is 55.0 Å². The molecule has 2 aromatic carbocycles. The van der Waals surface area contributed by atoms with E-state index in [0.717, 1.165) is 56.0 Å². The second kappa shape index (κ2) is 12.6. The summed E-state index contributed by atoms with van der Waals surface area (Å²) in [6, 6.07) is 12.5. The number of likely N-dealkylation sites (tertiary alicyclic amines) is 1. The van der Waals surface area contributed by atoms with Crippen molar-refractivity contribution >= 4 is 63.8 Å². The van der Waals surface area contributed by atoms with Crippen LogP contribution in [0.25, 0.3) is 20.7 Å². The number of halogens is 2. The van der Waals surface area contributed by atoms with E-state index in [4.69, 9.17) is 31.2 Å². The van der Waals surface area contributed by atoms with Gasteiger partial charge in [0, 0.05) is 0 Å². The molecule has 0 spiro atoms. The van der Waals surface area contributed by atoms with E-state index in [0.29, 0.717) is 23.9 Å². The van der Waals surface area contributed by atoms with Gasteiger partial charge in [0.2, 0.25) is 0 Å². The first kappa shape index (κ1) is 31.2. The first-order chi connectivity index (χ1) is 22.1. The number of amides is 1. The van der Waals surface area contributed by atoms with Crippen molar-refractivity contribution in [2.24, 2.45) is 0 Å². The van der Waals surface area contributed by atoms with Crippen molar-refractivity contribution in [3.05, 3.63) is 82.6 Å². The number of hydrogen-bond acceptors (Lipinski definition) is 7. The minimum absolute atomic E-state index is 0.238. The van der Waals surface area contributed by atoms with Gasteiger partial charge in [-0.15, -0.1) is 0 Å². The molecule has 7 rings (SSSR count). The van der Waals surface area contributed by atoms with E-state index >= 15 is 0 Å². The third-order valence-electron chi connectivity index (χ3n) is 8.16. The summed E-state index contributed by atoms with van der Waals surface area (Å²) in [5.74, 6) is 0.275. The zero-order chi connectivity index (χ0) is 32.0. The van der Waals surface area contributed by atoms with Crippen molar-refractivity contribution in [1.82, 2.24) is 24.6 Å². The number of aryl methyl sites for hydroxylation is 2. The SMILES string of the molecule is CC(C)(C)OC(=O)N1CCC(n2cc3c(n2)CCc2c-3sc3ncnc([As]c4ccc(OCc5cccc(F)c5)c(Cl)c4)c23)CC1. The standard InChI is InChI=1S/C34H33AsClFN5O3S/c1-34(2,3)45-33(43)41-13-11-23(12-14-41)42-17-25-27(40-42)9-8-24-29-31(38-19-39-32(29)46-30(24)25)35-21-7-10-28(26(36)16-21)44-18-20-5-4-6-22(37)15-20/h4-7,10,15-17,19,23H,8-9,11-14,18H2,1-3H3. The van der Waals surface area contributed by atoms with Crippen molar-refractivity contribution in [2.75, 3.05) is 13.1 Å². The van der Waals surface area contributed by atoms with E-state index in [2.05, 4.69) is 15.9 Å². The van der Waals surface area contributed by atoms with Gasteiger partial charge in [-0.3, -0.25) is 0 Å². The molecule has 0 saturated carbocycles. The number of aromatic nitrogens is 4. The minimum atomic E-state index is -0.498. The maximum absolute atomic E-state index is 13.5. The summed E-state index contributed by atoms with van der Waals surface area (Å²) in [6.45, 7) is 7.24. The van der Waals surface area contributed by atoms with Gasteiger partial charge in [-0.25, -0.2) is 4.79 Å². The van der Waals surface area contributed by atoms with E-state index in [9.17, 15) is 9.18 Å². The zero-order valence-electron chi connectivity index (χ0n) is 25.8. The number of nitrogens with zero attached hydrogens (tertiary/aromatic N) is 5. The Bertz CT molecular complexity index is 1930. The Kier molecular flexibility index (Phi) is 8.55. The third-order valence-corrected chi connectivity index (χ3v) is 11.9. The fourth-order valence-electron chi connectivity index (χ4n) is 5.97. The molecule has 46 heavy (non-hydrogen) atoms. The molecule has 1 aliphatic heterocycles. The van der Waals surface area contributed by atoms with Crippen molar-refractivity contribution in [3.63, 3.8) is 0 Å². The summed E-state index contributed by atoms with van der Waals surface area (Å²) >= 11 is 7.88. The van der Waals surface area contributed by atoms with Crippen LogP contribution in [-0.4, -0.2) is 65.2 Å². The van der Waals surface area contributed by atoms with Crippen LogP contribution in [-0.2, 0) is 24.2 Å². The predicted octanol–water partition coefficient (Wildman–Crippen LogP) is 6.25. The number of ether oxygens (including phenoxy) is 2. The molecular formula is C34H33AsClFN5O3S. The Hall–Kier alpha value is -3.46. The summed E-state index contributed by atoms with van der Waals surface area (Å²) in [5.41, 5.74) is 3.86. The summed E-state index contributed by atoms with van der Waals surface area (Å²) in [6.07, 6.45) is 7.06. The molecule has 0 bridgehead atoms. The molecule has 0 unspecified atom stereocenters. The fraction of sp³-hybridized carbons (Fsp3) is 0.353. The van der Waals surface area contributed by atoms with Crippen LogP contribution >= 0.6 is 22.9 Å². The number of thiophene rings is 1. The number of piperidine rings is 1. The average molecular weight is 721 g/mol. The third kappa shape index (κ3) is 6.53. The van der Waals surface area contributed by atoms with Crippen molar-refractivity contribution in [2.45, 2.75) is 64.7 Å². The predicted molar refractivity (Wildman–Crippen MR) is 179 cm³/mol. The van der Waals surface area contributed by atoms with Gasteiger partial charge in [-0.1, -0.05) is 0 Å². The maximum atomic E-state index is 13.5. The molecule has 1 radical (unpaired) electrons. The number of hydrogen-bond donors (Lipinski definition) is 0. The first-order valence-corrected chi connectivity index (χ1v) is 18.4. The van der Waals surface area contributed by atoms with Crippen LogP contribution in [0.1, 0.15) is 56.5 Å². The Morgan fingerprint density at radius 3 is 2.72 bits per heavy atom. The number of benzene rings is 2. The van der Waals surface area contributed by atoms with E-state index in [1.807, 2.05) is 45.0 Å². The van der Waals surface area contributed by atoms with Gasteiger partial charge in [0.05, 0.1) is 0 Å². The van der Waals surface area contributed by atoms with Crippen molar-refractivity contribution in [3.8, 4) is 16.2 Å². The summed E-state index contributed by atoms with van der Waals surface area (Å²) in [4.78, 5) is 26.0. The van der Waals surface area contributed by atoms with E-state index in [1.165, 1.54) is 28.1 Å². The Morgan fingerprint density at radius 2 is 1.96 bits per heavy atom. The Morgan fingerprint density at radius 1 is 1.13 bits per heavy atom. The van der Waals surface area contributed by atoms with Gasteiger partial charge in [0.25, 0.3) is 0 Å². The molecule has 0 N–H and O–H groups in total. The summed E-state index contributed by atoms with van der Waals surface area (Å²) in [7, 11) is 0. The van der Waals surface area contributed by atoms with Crippen molar-refractivity contribution < 1.29 is 18.7 Å². The molecular weight excluding hydrogens is 688 g/mol. The fourth-order valence-corrected chi connectivity index (χ4v) is 9.96. The van der Waals surface area contributed by atoms with Crippen LogP contribution in [0.3, 0.4) is 0 Å². The number of carbonyl (C=O) groups is 1.